The zero-order chi connectivity index (χ0) is 15.2. The van der Waals surface area contributed by atoms with E-state index in [2.05, 4.69) is 26.0 Å². The highest BCUT2D eigenvalue weighted by atomic mass is 79.9. The molecule has 0 N–H and O–H groups in total. The summed E-state index contributed by atoms with van der Waals surface area (Å²) < 4.78 is 54.1. The number of aromatic nitrogens is 3. The Labute approximate surface area is 124 Å². The van der Waals surface area contributed by atoms with Crippen LogP contribution in [0.1, 0.15) is 5.56 Å². The van der Waals surface area contributed by atoms with Gasteiger partial charge in [-0.25, -0.2) is 13.9 Å². The van der Waals surface area contributed by atoms with Gasteiger partial charge < -0.3 is 0 Å². The summed E-state index contributed by atoms with van der Waals surface area (Å²) in [6, 6.07) is 5.59. The Kier molecular flexibility index (Phi) is 3.20. The molecule has 108 valence electrons. The van der Waals surface area contributed by atoms with Gasteiger partial charge in [0.15, 0.2) is 5.65 Å². The molecule has 0 fully saturated rings. The summed E-state index contributed by atoms with van der Waals surface area (Å²) in [6.45, 7) is 0. The van der Waals surface area contributed by atoms with Crippen LogP contribution in [0.15, 0.2) is 41.3 Å². The van der Waals surface area contributed by atoms with E-state index in [9.17, 15) is 17.6 Å². The maximum Gasteiger partial charge on any atom is 0.417 e. The minimum absolute atomic E-state index is 0.144. The van der Waals surface area contributed by atoms with Gasteiger partial charge in [0.1, 0.15) is 5.82 Å². The summed E-state index contributed by atoms with van der Waals surface area (Å²) in [4.78, 5) is 4.04. The van der Waals surface area contributed by atoms with Crippen molar-refractivity contribution >= 4 is 21.6 Å². The average molecular weight is 360 g/mol. The van der Waals surface area contributed by atoms with Crippen molar-refractivity contribution in [3.63, 3.8) is 0 Å². The largest absolute Gasteiger partial charge is 0.417 e. The van der Waals surface area contributed by atoms with E-state index in [-0.39, 0.29) is 21.5 Å². The van der Waals surface area contributed by atoms with Crippen LogP contribution >= 0.6 is 15.9 Å². The smallest absolute Gasteiger partial charge is 0.219 e. The Morgan fingerprint density at radius 1 is 1.10 bits per heavy atom. The molecule has 0 unspecified atom stereocenters. The first-order valence-corrected chi connectivity index (χ1v) is 6.53. The third-order valence-electron chi connectivity index (χ3n) is 2.91. The maximum atomic E-state index is 13.2. The second kappa shape index (κ2) is 4.80. The molecule has 0 saturated heterocycles. The molecular formula is C13H6BrF4N3. The maximum absolute atomic E-state index is 13.2. The highest BCUT2D eigenvalue weighted by Gasteiger charge is 2.34. The Morgan fingerprint density at radius 3 is 2.57 bits per heavy atom. The number of rotatable bonds is 1. The topological polar surface area (TPSA) is 30.2 Å². The lowest BCUT2D eigenvalue weighted by atomic mass is 10.00. The molecule has 21 heavy (non-hydrogen) atoms. The molecule has 0 aliphatic heterocycles. The van der Waals surface area contributed by atoms with Gasteiger partial charge in [0.2, 0.25) is 4.73 Å². The molecular weight excluding hydrogens is 354 g/mol. The number of halogens is 5. The minimum atomic E-state index is -4.67. The van der Waals surface area contributed by atoms with Gasteiger partial charge in [-0.1, -0.05) is 6.07 Å². The molecule has 0 amide bonds. The Balaban J connectivity index is 2.33. The molecule has 3 nitrogen and oxygen atoms in total. The number of fused-ring (bicyclic) bond motifs is 1. The molecule has 0 bridgehead atoms. The van der Waals surface area contributed by atoms with E-state index >= 15 is 0 Å². The van der Waals surface area contributed by atoms with E-state index in [1.165, 1.54) is 10.6 Å². The predicted molar refractivity (Wildman–Crippen MR) is 71.1 cm³/mol. The lowest BCUT2D eigenvalue weighted by Gasteiger charge is -2.13. The number of nitrogens with zero attached hydrogens (tertiary/aromatic N) is 3. The highest BCUT2D eigenvalue weighted by molar-refractivity contribution is 9.10. The fraction of sp³-hybridized carbons (Fsp3) is 0.0769. The second-order valence-electron chi connectivity index (χ2n) is 4.26. The average Bonchev–Trinajstić information content (AvgIpc) is 2.77. The van der Waals surface area contributed by atoms with Crippen molar-refractivity contribution in [2.24, 2.45) is 0 Å². The van der Waals surface area contributed by atoms with Crippen molar-refractivity contribution < 1.29 is 17.6 Å². The van der Waals surface area contributed by atoms with Crippen LogP contribution in [0.25, 0.3) is 16.8 Å². The SMILES string of the molecule is Fc1ccc(-c2cccn3nc(Br)nc23)c(C(F)(F)F)c1. The molecule has 1 aromatic carbocycles. The Bertz CT molecular complexity index is 826. The van der Waals surface area contributed by atoms with Crippen LogP contribution in [0.2, 0.25) is 0 Å². The molecule has 0 saturated carbocycles. The molecule has 0 spiro atoms. The fourth-order valence-corrected chi connectivity index (χ4v) is 2.42. The van der Waals surface area contributed by atoms with E-state index in [4.69, 9.17) is 0 Å². The normalized spacial score (nSPS) is 12.0. The van der Waals surface area contributed by atoms with Crippen LogP contribution in [0.3, 0.4) is 0 Å². The molecule has 2 aromatic heterocycles. The summed E-state index contributed by atoms with van der Waals surface area (Å²) in [5.74, 6) is -0.944. The number of hydrogen-bond donors (Lipinski definition) is 0. The van der Waals surface area contributed by atoms with Crippen molar-refractivity contribution in [1.82, 2.24) is 14.6 Å². The molecule has 3 aromatic rings. The lowest BCUT2D eigenvalue weighted by molar-refractivity contribution is -0.137. The molecule has 8 heteroatoms. The lowest BCUT2D eigenvalue weighted by Crippen LogP contribution is -2.08. The number of pyridine rings is 1. The first-order valence-electron chi connectivity index (χ1n) is 5.74. The molecule has 3 rings (SSSR count). The van der Waals surface area contributed by atoms with E-state index < -0.39 is 17.6 Å². The van der Waals surface area contributed by atoms with E-state index in [0.717, 1.165) is 12.1 Å². The van der Waals surface area contributed by atoms with Gasteiger partial charge in [0.25, 0.3) is 0 Å². The van der Waals surface area contributed by atoms with Gasteiger partial charge in [-0.3, -0.25) is 0 Å². The van der Waals surface area contributed by atoms with E-state index in [1.54, 1.807) is 12.3 Å². The molecule has 0 radical (unpaired) electrons. The quantitative estimate of drug-likeness (QED) is 0.606. The Hall–Kier alpha value is -1.96. The van der Waals surface area contributed by atoms with Gasteiger partial charge >= 0.3 is 6.18 Å². The highest BCUT2D eigenvalue weighted by Crippen LogP contribution is 2.38. The van der Waals surface area contributed by atoms with E-state index in [0.29, 0.717) is 6.07 Å². The number of alkyl halides is 3. The summed E-state index contributed by atoms with van der Waals surface area (Å²) in [5.41, 5.74) is -0.714. The van der Waals surface area contributed by atoms with Crippen LogP contribution in [0.4, 0.5) is 17.6 Å². The summed E-state index contributed by atoms with van der Waals surface area (Å²) in [5, 5.41) is 3.98. The van der Waals surface area contributed by atoms with Gasteiger partial charge in [-0.2, -0.15) is 13.2 Å². The van der Waals surface area contributed by atoms with Crippen LogP contribution in [-0.4, -0.2) is 14.6 Å². The fourth-order valence-electron chi connectivity index (χ4n) is 2.08. The predicted octanol–water partition coefficient (Wildman–Crippen LogP) is 4.32. The summed E-state index contributed by atoms with van der Waals surface area (Å²) in [7, 11) is 0. The van der Waals surface area contributed by atoms with Gasteiger partial charge in [0, 0.05) is 11.8 Å². The first-order chi connectivity index (χ1) is 9.86. The third-order valence-corrected chi connectivity index (χ3v) is 3.25. The number of benzene rings is 1. The monoisotopic (exact) mass is 359 g/mol. The first kappa shape index (κ1) is 14.0. The number of hydrogen-bond acceptors (Lipinski definition) is 2. The van der Waals surface area contributed by atoms with Crippen LogP contribution in [-0.2, 0) is 6.18 Å². The van der Waals surface area contributed by atoms with E-state index in [1.807, 2.05) is 0 Å². The standard InChI is InChI=1S/C13H6BrF4N3/c14-12-19-11-9(2-1-5-21(11)20-12)8-4-3-7(15)6-10(8)13(16,17)18/h1-6H. The van der Waals surface area contributed by atoms with Crippen molar-refractivity contribution in [2.45, 2.75) is 6.18 Å². The van der Waals surface area contributed by atoms with Gasteiger partial charge in [0.05, 0.1) is 5.56 Å². The van der Waals surface area contributed by atoms with Gasteiger partial charge in [-0.05, 0) is 45.8 Å². The zero-order valence-electron chi connectivity index (χ0n) is 10.2. The molecule has 0 aliphatic carbocycles. The molecule has 0 aliphatic rings. The molecule has 2 heterocycles. The van der Waals surface area contributed by atoms with Crippen LogP contribution in [0, 0.1) is 5.82 Å². The molecule has 0 atom stereocenters. The van der Waals surface area contributed by atoms with Crippen molar-refractivity contribution in [1.29, 1.82) is 0 Å². The summed E-state index contributed by atoms with van der Waals surface area (Å²) >= 11 is 3.08. The summed E-state index contributed by atoms with van der Waals surface area (Å²) in [6.07, 6.45) is -3.10. The zero-order valence-corrected chi connectivity index (χ0v) is 11.8. The third kappa shape index (κ3) is 2.51. The van der Waals surface area contributed by atoms with Crippen molar-refractivity contribution in [2.75, 3.05) is 0 Å². The van der Waals surface area contributed by atoms with Crippen LogP contribution in [0.5, 0.6) is 0 Å². The second-order valence-corrected chi connectivity index (χ2v) is 4.97. The Morgan fingerprint density at radius 2 is 1.86 bits per heavy atom. The minimum Gasteiger partial charge on any atom is -0.219 e. The van der Waals surface area contributed by atoms with Crippen LogP contribution < -0.4 is 0 Å². The van der Waals surface area contributed by atoms with Gasteiger partial charge in [-0.15, -0.1) is 5.10 Å². The van der Waals surface area contributed by atoms with Crippen molar-refractivity contribution in [3.8, 4) is 11.1 Å². The van der Waals surface area contributed by atoms with Crippen molar-refractivity contribution in [3.05, 3.63) is 52.6 Å².